The number of phenolic OH excluding ortho intramolecular Hbond substituents is 1. The van der Waals surface area contributed by atoms with Crippen LogP contribution in [0.1, 0.15) is 0 Å². The topological polar surface area (TPSA) is 58.9 Å². The molecule has 0 radical (unpaired) electrons. The van der Waals surface area contributed by atoms with Crippen molar-refractivity contribution in [2.75, 3.05) is 0 Å². The van der Waals surface area contributed by atoms with Crippen molar-refractivity contribution in [1.82, 2.24) is 15.2 Å². The van der Waals surface area contributed by atoms with Gasteiger partial charge < -0.3 is 5.11 Å². The van der Waals surface area contributed by atoms with Crippen LogP contribution in [-0.4, -0.2) is 20.3 Å². The first kappa shape index (κ1) is 25.6. The molecule has 0 saturated carbocycles. The van der Waals surface area contributed by atoms with Gasteiger partial charge in [0.15, 0.2) is 0 Å². The summed E-state index contributed by atoms with van der Waals surface area (Å²) in [5.41, 5.74) is 7.50. The number of hydrogen-bond donors (Lipinski definition) is 1. The number of aromatic hydroxyl groups is 1. The van der Waals surface area contributed by atoms with Gasteiger partial charge in [0.05, 0.1) is 11.2 Å². The summed E-state index contributed by atoms with van der Waals surface area (Å²) in [6, 6.07) is 45.6. The Balaban J connectivity index is 0.00000289. The third-order valence-electron chi connectivity index (χ3n) is 6.91. The Morgan fingerprint density at radius 2 is 1.15 bits per heavy atom. The molecule has 5 aromatic carbocycles. The molecule has 0 spiro atoms. The van der Waals surface area contributed by atoms with Crippen molar-refractivity contribution in [3.05, 3.63) is 133 Å². The summed E-state index contributed by atoms with van der Waals surface area (Å²) in [6.45, 7) is 0. The normalized spacial score (nSPS) is 10.9. The summed E-state index contributed by atoms with van der Waals surface area (Å²) in [5, 5.41) is 22.9. The molecule has 40 heavy (non-hydrogen) atoms. The summed E-state index contributed by atoms with van der Waals surface area (Å²) in [5.74, 6) is 0.196. The van der Waals surface area contributed by atoms with Crippen molar-refractivity contribution in [2.45, 2.75) is 0 Å². The molecule has 0 aliphatic heterocycles. The average molecular weight is 696 g/mol. The van der Waals surface area contributed by atoms with Gasteiger partial charge in [0.2, 0.25) is 0 Å². The van der Waals surface area contributed by atoms with E-state index in [1.807, 2.05) is 103 Å². The van der Waals surface area contributed by atoms with Crippen molar-refractivity contribution in [2.24, 2.45) is 0 Å². The molecular formula is C35H22N3OPt-. The van der Waals surface area contributed by atoms with Crippen LogP contribution in [0.15, 0.2) is 127 Å². The van der Waals surface area contributed by atoms with E-state index >= 15 is 0 Å². The molecule has 4 nitrogen and oxygen atoms in total. The molecule has 194 valence electrons. The molecule has 7 rings (SSSR count). The van der Waals surface area contributed by atoms with Gasteiger partial charge in [-0.25, -0.2) is 0 Å². The molecule has 0 fully saturated rings. The summed E-state index contributed by atoms with van der Waals surface area (Å²) in [7, 11) is 0. The van der Waals surface area contributed by atoms with Crippen LogP contribution in [-0.2, 0) is 21.1 Å². The van der Waals surface area contributed by atoms with Gasteiger partial charge >= 0.3 is 0 Å². The zero-order chi connectivity index (χ0) is 26.2. The molecule has 0 unspecified atom stereocenters. The van der Waals surface area contributed by atoms with Crippen LogP contribution < -0.4 is 0 Å². The second kappa shape index (κ2) is 10.8. The van der Waals surface area contributed by atoms with E-state index in [9.17, 15) is 5.11 Å². The van der Waals surface area contributed by atoms with Crippen molar-refractivity contribution in [3.63, 3.8) is 0 Å². The van der Waals surface area contributed by atoms with Gasteiger partial charge in [0.25, 0.3) is 0 Å². The first-order valence-electron chi connectivity index (χ1n) is 12.8. The summed E-state index contributed by atoms with van der Waals surface area (Å²) in [6.07, 6.45) is 0. The number of rotatable bonds is 4. The third kappa shape index (κ3) is 4.90. The van der Waals surface area contributed by atoms with Crippen LogP contribution in [0.5, 0.6) is 5.75 Å². The molecule has 7 aromatic rings. The first-order valence-corrected chi connectivity index (χ1v) is 12.8. The number of phenols is 1. The van der Waals surface area contributed by atoms with Gasteiger partial charge in [0, 0.05) is 38.0 Å². The Labute approximate surface area is 246 Å². The SMILES string of the molecule is Oc1cc2ccccc2cc1-c1cc(-c2ccccc2)cc(-c2[c-]c(-c3cc4ccccc4nn3)ccc2)n1.[Pt]. The van der Waals surface area contributed by atoms with Crippen molar-refractivity contribution in [3.8, 4) is 50.6 Å². The number of nitrogens with zero attached hydrogens (tertiary/aromatic N) is 3. The maximum absolute atomic E-state index is 11.0. The van der Waals surface area contributed by atoms with Gasteiger partial charge in [-0.05, 0) is 51.6 Å². The molecule has 1 N–H and O–H groups in total. The van der Waals surface area contributed by atoms with E-state index in [1.165, 1.54) is 0 Å². The molecule has 0 amide bonds. The van der Waals surface area contributed by atoms with E-state index in [0.29, 0.717) is 11.3 Å². The van der Waals surface area contributed by atoms with Crippen LogP contribution >= 0.6 is 0 Å². The molecular weight excluding hydrogens is 673 g/mol. The minimum atomic E-state index is 0. The van der Waals surface area contributed by atoms with Crippen LogP contribution in [0.2, 0.25) is 0 Å². The monoisotopic (exact) mass is 695 g/mol. The molecule has 2 aromatic heterocycles. The molecule has 0 atom stereocenters. The van der Waals surface area contributed by atoms with Crippen LogP contribution in [0, 0.1) is 6.07 Å². The zero-order valence-electron chi connectivity index (χ0n) is 21.2. The summed E-state index contributed by atoms with van der Waals surface area (Å²) >= 11 is 0. The predicted octanol–water partition coefficient (Wildman–Crippen LogP) is 8.35. The molecule has 0 aliphatic rings. The largest absolute Gasteiger partial charge is 0.507 e. The van der Waals surface area contributed by atoms with Gasteiger partial charge in [-0.1, -0.05) is 96.1 Å². The Morgan fingerprint density at radius 1 is 0.500 bits per heavy atom. The van der Waals surface area contributed by atoms with E-state index in [4.69, 9.17) is 4.98 Å². The molecule has 0 aliphatic carbocycles. The predicted molar refractivity (Wildman–Crippen MR) is 157 cm³/mol. The van der Waals surface area contributed by atoms with Gasteiger partial charge in [-0.2, -0.15) is 10.2 Å². The Bertz CT molecular complexity index is 1990. The van der Waals surface area contributed by atoms with Crippen molar-refractivity contribution in [1.29, 1.82) is 0 Å². The number of benzene rings is 5. The number of fused-ring (bicyclic) bond motifs is 2. The number of aromatic nitrogens is 3. The Morgan fingerprint density at radius 3 is 1.95 bits per heavy atom. The zero-order valence-corrected chi connectivity index (χ0v) is 23.5. The van der Waals surface area contributed by atoms with Crippen LogP contribution in [0.25, 0.3) is 66.6 Å². The Kier molecular flexibility index (Phi) is 6.94. The van der Waals surface area contributed by atoms with Crippen molar-refractivity contribution < 1.29 is 26.2 Å². The molecule has 5 heteroatoms. The average Bonchev–Trinajstić information content (AvgIpc) is 3.01. The maximum Gasteiger partial charge on any atom is 0.125 e. The second-order valence-electron chi connectivity index (χ2n) is 9.48. The van der Waals surface area contributed by atoms with E-state index in [-0.39, 0.29) is 26.8 Å². The van der Waals surface area contributed by atoms with Crippen LogP contribution in [0.3, 0.4) is 0 Å². The smallest absolute Gasteiger partial charge is 0.125 e. The quantitative estimate of drug-likeness (QED) is 0.188. The Hall–Kier alpha value is -4.66. The van der Waals surface area contributed by atoms with Gasteiger partial charge in [-0.15, -0.1) is 24.3 Å². The fourth-order valence-electron chi connectivity index (χ4n) is 4.92. The van der Waals surface area contributed by atoms with Crippen molar-refractivity contribution >= 4 is 21.7 Å². The van der Waals surface area contributed by atoms with Gasteiger partial charge in [0.1, 0.15) is 5.75 Å². The minimum Gasteiger partial charge on any atom is -0.507 e. The van der Waals surface area contributed by atoms with E-state index < -0.39 is 0 Å². The summed E-state index contributed by atoms with van der Waals surface area (Å²) in [4.78, 5) is 5.02. The second-order valence-corrected chi connectivity index (χ2v) is 9.48. The number of hydrogen-bond acceptors (Lipinski definition) is 4. The maximum atomic E-state index is 11.0. The fourth-order valence-corrected chi connectivity index (χ4v) is 4.92. The minimum absolute atomic E-state index is 0. The standard InChI is InChI=1S/C35H22N3O.Pt/c39-35-22-25-12-5-4-11-24(25)18-30(35)34-21-29(23-9-2-1-3-10-23)20-32(36-34)26-14-8-15-27(17-26)33-19-28-13-6-7-16-31(28)37-38-33;/h1-16,18-22,39H;/q-1;. The van der Waals surface area contributed by atoms with Crippen LogP contribution in [0.4, 0.5) is 0 Å². The third-order valence-corrected chi connectivity index (χ3v) is 6.91. The van der Waals surface area contributed by atoms with E-state index in [0.717, 1.165) is 55.3 Å². The van der Waals surface area contributed by atoms with E-state index in [1.54, 1.807) is 6.07 Å². The fraction of sp³-hybridized carbons (Fsp3) is 0. The van der Waals surface area contributed by atoms with Gasteiger partial charge in [-0.3, -0.25) is 4.98 Å². The first-order chi connectivity index (χ1) is 19.2. The molecule has 0 bridgehead atoms. The number of pyridine rings is 1. The summed E-state index contributed by atoms with van der Waals surface area (Å²) < 4.78 is 0. The molecule has 0 saturated heterocycles. The molecule has 2 heterocycles. The van der Waals surface area contributed by atoms with E-state index in [2.05, 4.69) is 34.5 Å².